The van der Waals surface area contributed by atoms with Gasteiger partial charge in [0.1, 0.15) is 0 Å². The Morgan fingerprint density at radius 1 is 1.43 bits per heavy atom. The van der Waals surface area contributed by atoms with E-state index in [-0.39, 0.29) is 11.7 Å². The molecule has 1 unspecified atom stereocenters. The Balaban J connectivity index is 2.89. The van der Waals surface area contributed by atoms with Gasteiger partial charge in [0.15, 0.2) is 0 Å². The Bertz CT molecular complexity index is 375. The molecule has 0 radical (unpaired) electrons. The highest BCUT2D eigenvalue weighted by Gasteiger charge is 2.15. The lowest BCUT2D eigenvalue weighted by Gasteiger charge is -2.05. The lowest BCUT2D eigenvalue weighted by atomic mass is 9.96. The fourth-order valence-corrected chi connectivity index (χ4v) is 1.19. The second kappa shape index (κ2) is 4.49. The number of benzene rings is 1. The van der Waals surface area contributed by atoms with Crippen LogP contribution in [0.15, 0.2) is 24.3 Å². The number of Topliss-reactive ketones (excluding diaryl/α,β-unsaturated/α-hetero) is 1. The molecule has 0 heterocycles. The summed E-state index contributed by atoms with van der Waals surface area (Å²) in [6.07, 6.45) is 0.935. The number of ketones is 1. The molecule has 3 nitrogen and oxygen atoms in total. The van der Waals surface area contributed by atoms with Gasteiger partial charge in [-0.25, -0.2) is 0 Å². The van der Waals surface area contributed by atoms with Crippen LogP contribution in [0.25, 0.3) is 5.53 Å². The van der Waals surface area contributed by atoms with Gasteiger partial charge in [-0.1, -0.05) is 36.8 Å². The summed E-state index contributed by atoms with van der Waals surface area (Å²) in [4.78, 5) is 14.0. The Hall–Kier alpha value is -1.73. The molecule has 0 amide bonds. The minimum atomic E-state index is -0.258. The van der Waals surface area contributed by atoms with Gasteiger partial charge < -0.3 is 5.53 Å². The standard InChI is InChI=1S/C11H12N2O/c1-8-3-5-10(6-4-8)9(2)11(14)7-13-12/h3-7,9H,1-2H3. The van der Waals surface area contributed by atoms with Crippen molar-refractivity contribution >= 4 is 12.0 Å². The fourth-order valence-electron chi connectivity index (χ4n) is 1.19. The van der Waals surface area contributed by atoms with Gasteiger partial charge in [-0.3, -0.25) is 4.79 Å². The Morgan fingerprint density at radius 3 is 2.50 bits per heavy atom. The largest absolute Gasteiger partial charge is 0.361 e. The summed E-state index contributed by atoms with van der Waals surface area (Å²) in [7, 11) is 0. The molecule has 1 rings (SSSR count). The molecular formula is C11H12N2O. The van der Waals surface area contributed by atoms with E-state index in [9.17, 15) is 4.79 Å². The zero-order chi connectivity index (χ0) is 10.6. The number of aryl methyl sites for hydroxylation is 1. The second-order valence-electron chi connectivity index (χ2n) is 3.28. The number of hydrogen-bond donors (Lipinski definition) is 0. The highest BCUT2D eigenvalue weighted by atomic mass is 16.1. The van der Waals surface area contributed by atoms with Crippen LogP contribution in [0, 0.1) is 6.92 Å². The van der Waals surface area contributed by atoms with Crippen molar-refractivity contribution in [1.29, 1.82) is 0 Å². The van der Waals surface area contributed by atoms with Crippen LogP contribution < -0.4 is 0 Å². The zero-order valence-electron chi connectivity index (χ0n) is 8.27. The molecule has 0 fully saturated rings. The lowest BCUT2D eigenvalue weighted by molar-refractivity contribution is -0.117. The van der Waals surface area contributed by atoms with Crippen LogP contribution in [0.4, 0.5) is 0 Å². The lowest BCUT2D eigenvalue weighted by Crippen LogP contribution is -2.10. The highest BCUT2D eigenvalue weighted by Crippen LogP contribution is 2.15. The maximum absolute atomic E-state index is 11.3. The molecule has 1 aromatic rings. The minimum absolute atomic E-state index is 0.198. The molecule has 1 aromatic carbocycles. The predicted molar refractivity (Wildman–Crippen MR) is 54.3 cm³/mol. The molecular weight excluding hydrogens is 176 g/mol. The van der Waals surface area contributed by atoms with Crippen molar-refractivity contribution < 1.29 is 9.58 Å². The fraction of sp³-hybridized carbons (Fsp3) is 0.273. The average molecular weight is 188 g/mol. The van der Waals surface area contributed by atoms with Gasteiger partial charge in [0.05, 0.1) is 5.92 Å². The van der Waals surface area contributed by atoms with E-state index in [4.69, 9.17) is 5.53 Å². The first kappa shape index (κ1) is 10.4. The molecule has 0 aliphatic heterocycles. The molecule has 0 aromatic heterocycles. The third-order valence-corrected chi connectivity index (χ3v) is 2.19. The summed E-state index contributed by atoms with van der Waals surface area (Å²) in [5, 5.41) is 0. The number of carbonyl (C=O) groups excluding carboxylic acids is 1. The summed E-state index contributed by atoms with van der Waals surface area (Å²) in [5.41, 5.74) is 10.3. The molecule has 0 N–H and O–H groups in total. The molecule has 0 spiro atoms. The van der Waals surface area contributed by atoms with Crippen LogP contribution in [-0.2, 0) is 4.79 Å². The first-order chi connectivity index (χ1) is 6.65. The van der Waals surface area contributed by atoms with Crippen LogP contribution in [0.2, 0.25) is 0 Å². The molecule has 0 saturated heterocycles. The van der Waals surface area contributed by atoms with Gasteiger partial charge in [0, 0.05) is 0 Å². The topological polar surface area (TPSA) is 53.5 Å². The number of hydrogen-bond acceptors (Lipinski definition) is 1. The number of rotatable bonds is 3. The first-order valence-corrected chi connectivity index (χ1v) is 4.43. The van der Waals surface area contributed by atoms with Gasteiger partial charge in [-0.2, -0.15) is 4.79 Å². The summed E-state index contributed by atoms with van der Waals surface area (Å²) < 4.78 is 0. The van der Waals surface area contributed by atoms with Gasteiger partial charge in [0.2, 0.25) is 5.78 Å². The number of nitrogens with zero attached hydrogens (tertiary/aromatic N) is 2. The minimum Gasteiger partial charge on any atom is -0.361 e. The van der Waals surface area contributed by atoms with Gasteiger partial charge in [0.25, 0.3) is 0 Å². The van der Waals surface area contributed by atoms with Crippen LogP contribution in [0.1, 0.15) is 24.0 Å². The van der Waals surface area contributed by atoms with E-state index >= 15 is 0 Å². The van der Waals surface area contributed by atoms with Crippen LogP contribution in [-0.4, -0.2) is 16.8 Å². The summed E-state index contributed by atoms with van der Waals surface area (Å²) in [6.45, 7) is 3.78. The summed E-state index contributed by atoms with van der Waals surface area (Å²) >= 11 is 0. The third-order valence-electron chi connectivity index (χ3n) is 2.19. The van der Waals surface area contributed by atoms with Crippen molar-refractivity contribution in [3.8, 4) is 0 Å². The smallest absolute Gasteiger partial charge is 0.323 e. The van der Waals surface area contributed by atoms with E-state index in [0.717, 1.165) is 17.3 Å². The molecule has 0 bridgehead atoms. The molecule has 0 aliphatic carbocycles. The zero-order valence-corrected chi connectivity index (χ0v) is 8.27. The molecule has 3 heteroatoms. The van der Waals surface area contributed by atoms with Crippen molar-refractivity contribution in [3.63, 3.8) is 0 Å². The number of carbonyl (C=O) groups is 1. The predicted octanol–water partition coefficient (Wildman–Crippen LogP) is 1.97. The van der Waals surface area contributed by atoms with Crippen molar-refractivity contribution in [3.05, 3.63) is 40.9 Å². The van der Waals surface area contributed by atoms with Crippen molar-refractivity contribution in [2.45, 2.75) is 19.8 Å². The van der Waals surface area contributed by atoms with Crippen molar-refractivity contribution in [1.82, 2.24) is 0 Å². The quantitative estimate of drug-likeness (QED) is 0.406. The van der Waals surface area contributed by atoms with Gasteiger partial charge in [-0.05, 0) is 12.5 Å². The molecule has 14 heavy (non-hydrogen) atoms. The first-order valence-electron chi connectivity index (χ1n) is 4.43. The van der Waals surface area contributed by atoms with E-state index in [1.165, 1.54) is 0 Å². The third kappa shape index (κ3) is 2.38. The summed E-state index contributed by atoms with van der Waals surface area (Å²) in [6, 6.07) is 7.72. The van der Waals surface area contributed by atoms with E-state index in [1.807, 2.05) is 31.2 Å². The second-order valence-corrected chi connectivity index (χ2v) is 3.28. The summed E-state index contributed by atoms with van der Waals surface area (Å²) in [5.74, 6) is -0.456. The van der Waals surface area contributed by atoms with Crippen LogP contribution >= 0.6 is 0 Å². The SMILES string of the molecule is Cc1ccc(C(C)C(=O)C=[N+]=[N-])cc1. The van der Waals surface area contributed by atoms with Crippen LogP contribution in [0.3, 0.4) is 0 Å². The van der Waals surface area contributed by atoms with E-state index in [2.05, 4.69) is 4.79 Å². The molecule has 0 saturated carbocycles. The highest BCUT2D eigenvalue weighted by molar-refractivity contribution is 6.27. The van der Waals surface area contributed by atoms with Crippen LogP contribution in [0.5, 0.6) is 0 Å². The Labute approximate surface area is 83.0 Å². The average Bonchev–Trinajstić information content (AvgIpc) is 2.18. The van der Waals surface area contributed by atoms with Crippen molar-refractivity contribution in [2.75, 3.05) is 0 Å². The molecule has 72 valence electrons. The Kier molecular flexibility index (Phi) is 3.32. The maximum Gasteiger partial charge on any atom is 0.323 e. The van der Waals surface area contributed by atoms with E-state index < -0.39 is 0 Å². The van der Waals surface area contributed by atoms with E-state index in [0.29, 0.717) is 0 Å². The normalized spacial score (nSPS) is 11.6. The van der Waals surface area contributed by atoms with E-state index in [1.54, 1.807) is 6.92 Å². The van der Waals surface area contributed by atoms with Gasteiger partial charge >= 0.3 is 6.21 Å². The molecule has 1 atom stereocenters. The van der Waals surface area contributed by atoms with Crippen molar-refractivity contribution in [2.24, 2.45) is 0 Å². The monoisotopic (exact) mass is 188 g/mol. The molecule has 0 aliphatic rings. The maximum atomic E-state index is 11.3. The Morgan fingerprint density at radius 2 is 2.00 bits per heavy atom. The van der Waals surface area contributed by atoms with Gasteiger partial charge in [-0.15, -0.1) is 0 Å².